The highest BCUT2D eigenvalue weighted by Gasteiger charge is 2.31. The molecule has 2 saturated heterocycles. The molecule has 0 aliphatic carbocycles. The Bertz CT molecular complexity index is 590. The summed E-state index contributed by atoms with van der Waals surface area (Å²) in [6.45, 7) is 4.06. The molecule has 2 heterocycles. The third-order valence-electron chi connectivity index (χ3n) is 5.74. The minimum absolute atomic E-state index is 0.0388. The molecule has 0 bridgehead atoms. The summed E-state index contributed by atoms with van der Waals surface area (Å²) in [4.78, 5) is 15.2. The minimum atomic E-state index is 0.0388. The smallest absolute Gasteiger partial charge is 0.224 e. The second kappa shape index (κ2) is 10.4. The van der Waals surface area contributed by atoms with Gasteiger partial charge >= 0.3 is 0 Å². The van der Waals surface area contributed by atoms with Crippen LogP contribution in [0.5, 0.6) is 0 Å². The fourth-order valence-electron chi connectivity index (χ4n) is 4.12. The summed E-state index contributed by atoms with van der Waals surface area (Å²) in [5.74, 6) is 0.217. The lowest BCUT2D eigenvalue weighted by atomic mass is 10.0. The van der Waals surface area contributed by atoms with Gasteiger partial charge in [0.2, 0.25) is 5.91 Å². The van der Waals surface area contributed by atoms with Crippen LogP contribution in [0.25, 0.3) is 0 Å². The molecular weight excluding hydrogens is 362 g/mol. The summed E-state index contributed by atoms with van der Waals surface area (Å²) in [7, 11) is 0. The van der Waals surface area contributed by atoms with E-state index in [1.807, 2.05) is 24.3 Å². The van der Waals surface area contributed by atoms with Gasteiger partial charge < -0.3 is 15.8 Å². The van der Waals surface area contributed by atoms with Crippen LogP contribution in [0, 0.1) is 5.92 Å². The molecule has 0 aromatic heterocycles. The lowest BCUT2D eigenvalue weighted by molar-refractivity contribution is -0.125. The van der Waals surface area contributed by atoms with Crippen molar-refractivity contribution in [2.45, 2.75) is 50.6 Å². The molecular formula is C21H32ClN3O2. The Morgan fingerprint density at radius 1 is 1.15 bits per heavy atom. The lowest BCUT2D eigenvalue weighted by Gasteiger charge is -2.35. The number of ether oxygens (including phenoxy) is 1. The van der Waals surface area contributed by atoms with Crippen LogP contribution in [0.1, 0.15) is 37.7 Å². The number of carbonyl (C=O) groups excluding carboxylic acids is 1. The van der Waals surface area contributed by atoms with Crippen molar-refractivity contribution in [2.75, 3.05) is 32.8 Å². The van der Waals surface area contributed by atoms with E-state index in [0.717, 1.165) is 69.9 Å². The first kappa shape index (κ1) is 20.6. The number of halogens is 1. The van der Waals surface area contributed by atoms with E-state index in [1.165, 1.54) is 5.56 Å². The summed E-state index contributed by atoms with van der Waals surface area (Å²) >= 11 is 5.92. The number of amides is 1. The predicted molar refractivity (Wildman–Crippen MR) is 109 cm³/mol. The zero-order chi connectivity index (χ0) is 19.1. The van der Waals surface area contributed by atoms with Gasteiger partial charge in [0, 0.05) is 50.0 Å². The second-order valence-electron chi connectivity index (χ2n) is 7.85. The van der Waals surface area contributed by atoms with E-state index in [1.54, 1.807) is 0 Å². The van der Waals surface area contributed by atoms with Crippen LogP contribution in [0.4, 0.5) is 0 Å². The lowest BCUT2D eigenvalue weighted by Crippen LogP contribution is -2.47. The van der Waals surface area contributed by atoms with Crippen molar-refractivity contribution in [1.29, 1.82) is 0 Å². The second-order valence-corrected chi connectivity index (χ2v) is 8.29. The van der Waals surface area contributed by atoms with Crippen molar-refractivity contribution in [2.24, 2.45) is 11.7 Å². The van der Waals surface area contributed by atoms with E-state index in [-0.39, 0.29) is 17.9 Å². The van der Waals surface area contributed by atoms with Crippen LogP contribution in [0.15, 0.2) is 24.3 Å². The van der Waals surface area contributed by atoms with Gasteiger partial charge in [-0.1, -0.05) is 23.7 Å². The minimum Gasteiger partial charge on any atom is -0.381 e. The summed E-state index contributed by atoms with van der Waals surface area (Å²) < 4.78 is 5.49. The third kappa shape index (κ3) is 6.46. The Morgan fingerprint density at radius 2 is 1.89 bits per heavy atom. The monoisotopic (exact) mass is 393 g/mol. The van der Waals surface area contributed by atoms with Gasteiger partial charge in [0.05, 0.1) is 5.92 Å². The van der Waals surface area contributed by atoms with Crippen molar-refractivity contribution in [1.82, 2.24) is 10.2 Å². The molecule has 6 heteroatoms. The van der Waals surface area contributed by atoms with E-state index in [0.29, 0.717) is 12.6 Å². The average Bonchev–Trinajstić information content (AvgIpc) is 2.89. The maximum Gasteiger partial charge on any atom is 0.224 e. The Balaban J connectivity index is 1.45. The van der Waals surface area contributed by atoms with Crippen LogP contribution in [-0.4, -0.2) is 55.7 Å². The quantitative estimate of drug-likeness (QED) is 0.729. The summed E-state index contributed by atoms with van der Waals surface area (Å²) in [6, 6.07) is 8.58. The average molecular weight is 394 g/mol. The number of rotatable bonds is 6. The fraction of sp³-hybridized carbons (Fsp3) is 0.667. The van der Waals surface area contributed by atoms with Crippen molar-refractivity contribution >= 4 is 17.5 Å². The molecule has 1 aromatic carbocycles. The SMILES string of the molecule is N[C@H]1CC[C@@H](C(=O)NCCCc2ccc(Cl)cc2)CN(C2CCOCC2)C1. The predicted octanol–water partition coefficient (Wildman–Crippen LogP) is 2.61. The molecule has 0 saturated carbocycles. The summed E-state index contributed by atoms with van der Waals surface area (Å²) in [6.07, 6.45) is 5.77. The highest BCUT2D eigenvalue weighted by atomic mass is 35.5. The van der Waals surface area contributed by atoms with Gasteiger partial charge in [-0.25, -0.2) is 0 Å². The van der Waals surface area contributed by atoms with Gasteiger partial charge in [-0.2, -0.15) is 0 Å². The molecule has 3 N–H and O–H groups in total. The highest BCUT2D eigenvalue weighted by molar-refractivity contribution is 6.30. The van der Waals surface area contributed by atoms with E-state index < -0.39 is 0 Å². The number of nitrogens with one attached hydrogen (secondary N) is 1. The Labute approximate surface area is 167 Å². The van der Waals surface area contributed by atoms with Crippen molar-refractivity contribution in [3.05, 3.63) is 34.9 Å². The Hall–Kier alpha value is -1.14. The summed E-state index contributed by atoms with van der Waals surface area (Å²) in [5.41, 5.74) is 7.53. The van der Waals surface area contributed by atoms with Crippen LogP contribution < -0.4 is 11.1 Å². The Morgan fingerprint density at radius 3 is 2.63 bits per heavy atom. The number of benzene rings is 1. The first-order chi connectivity index (χ1) is 13.1. The van der Waals surface area contributed by atoms with Crippen LogP contribution in [0.2, 0.25) is 5.02 Å². The van der Waals surface area contributed by atoms with E-state index in [4.69, 9.17) is 22.1 Å². The topological polar surface area (TPSA) is 67.6 Å². The molecule has 1 amide bonds. The normalized spacial score (nSPS) is 25.1. The van der Waals surface area contributed by atoms with Gasteiger partial charge in [-0.05, 0) is 56.2 Å². The number of aryl methyl sites for hydroxylation is 1. The zero-order valence-corrected chi connectivity index (χ0v) is 16.8. The number of carbonyl (C=O) groups is 1. The molecule has 1 aromatic rings. The molecule has 2 fully saturated rings. The number of hydrogen-bond donors (Lipinski definition) is 2. The van der Waals surface area contributed by atoms with Crippen LogP contribution in [-0.2, 0) is 16.0 Å². The largest absolute Gasteiger partial charge is 0.381 e. The Kier molecular flexibility index (Phi) is 7.94. The maximum absolute atomic E-state index is 12.7. The molecule has 5 nitrogen and oxygen atoms in total. The first-order valence-corrected chi connectivity index (χ1v) is 10.6. The van der Waals surface area contributed by atoms with Crippen molar-refractivity contribution < 1.29 is 9.53 Å². The van der Waals surface area contributed by atoms with Gasteiger partial charge in [0.1, 0.15) is 0 Å². The van der Waals surface area contributed by atoms with Crippen LogP contribution in [0.3, 0.4) is 0 Å². The van der Waals surface area contributed by atoms with E-state index >= 15 is 0 Å². The van der Waals surface area contributed by atoms with Gasteiger partial charge in [0.25, 0.3) is 0 Å². The zero-order valence-electron chi connectivity index (χ0n) is 16.0. The standard InChI is InChI=1S/C21H32ClN3O2/c22-18-6-3-16(4-7-18)2-1-11-24-21(26)17-5-8-19(23)15-25(14-17)20-9-12-27-13-10-20/h3-4,6-7,17,19-20H,1-2,5,8-15,23H2,(H,24,26)/t17-,19+/m1/s1. The molecule has 2 atom stereocenters. The summed E-state index contributed by atoms with van der Waals surface area (Å²) in [5, 5.41) is 3.90. The highest BCUT2D eigenvalue weighted by Crippen LogP contribution is 2.22. The van der Waals surface area contributed by atoms with Crippen LogP contribution >= 0.6 is 11.6 Å². The van der Waals surface area contributed by atoms with Gasteiger partial charge in [0.15, 0.2) is 0 Å². The number of hydrogen-bond acceptors (Lipinski definition) is 4. The molecule has 27 heavy (non-hydrogen) atoms. The number of nitrogens with two attached hydrogens (primary N) is 1. The van der Waals surface area contributed by atoms with E-state index in [9.17, 15) is 4.79 Å². The molecule has 0 radical (unpaired) electrons. The number of nitrogens with zero attached hydrogens (tertiary/aromatic N) is 1. The van der Waals surface area contributed by atoms with Gasteiger partial charge in [-0.3, -0.25) is 9.69 Å². The third-order valence-corrected chi connectivity index (χ3v) is 5.99. The number of likely N-dealkylation sites (tertiary alicyclic amines) is 1. The first-order valence-electron chi connectivity index (χ1n) is 10.2. The molecule has 150 valence electrons. The molecule has 2 aliphatic heterocycles. The molecule has 0 spiro atoms. The molecule has 2 aliphatic rings. The maximum atomic E-state index is 12.7. The van der Waals surface area contributed by atoms with Gasteiger partial charge in [-0.15, -0.1) is 0 Å². The van der Waals surface area contributed by atoms with Crippen molar-refractivity contribution in [3.63, 3.8) is 0 Å². The fourth-order valence-corrected chi connectivity index (χ4v) is 4.24. The molecule has 3 rings (SSSR count). The van der Waals surface area contributed by atoms with Crippen molar-refractivity contribution in [3.8, 4) is 0 Å². The van der Waals surface area contributed by atoms with E-state index in [2.05, 4.69) is 10.2 Å². The molecule has 0 unspecified atom stereocenters.